The third kappa shape index (κ3) is 3.18. The fraction of sp³-hybridized carbons (Fsp3) is 0.182. The fourth-order valence-corrected chi connectivity index (χ4v) is 1.80. The van der Waals surface area contributed by atoms with E-state index in [4.69, 9.17) is 4.74 Å². The van der Waals surface area contributed by atoms with Crippen LogP contribution in [0.15, 0.2) is 29.3 Å². The van der Waals surface area contributed by atoms with Crippen molar-refractivity contribution in [2.75, 3.05) is 11.9 Å². The number of nitrogens with one attached hydrogen (secondary N) is 1. The molecule has 0 spiro atoms. The van der Waals surface area contributed by atoms with Gasteiger partial charge in [0.2, 0.25) is 5.82 Å². The maximum Gasteiger partial charge on any atom is 0.373 e. The highest BCUT2D eigenvalue weighted by Gasteiger charge is 2.24. The van der Waals surface area contributed by atoms with Crippen LogP contribution in [0.25, 0.3) is 0 Å². The third-order valence-corrected chi connectivity index (χ3v) is 2.64. The second-order valence-corrected chi connectivity index (χ2v) is 4.52. The minimum atomic E-state index is -0.585. The Morgan fingerprint density at radius 1 is 1.45 bits per heavy atom. The number of aromatic nitrogens is 3. The molecule has 0 saturated heterocycles. The molecule has 0 aliphatic rings. The molecule has 104 valence electrons. The molecule has 2 rings (SSSR count). The first-order valence-electron chi connectivity index (χ1n) is 5.63. The lowest BCUT2D eigenvalue weighted by Gasteiger charge is -2.08. The highest BCUT2D eigenvalue weighted by molar-refractivity contribution is 9.10. The Morgan fingerprint density at radius 2 is 2.25 bits per heavy atom. The van der Waals surface area contributed by atoms with E-state index in [1.807, 2.05) is 6.92 Å². The topological polar surface area (TPSA) is 103 Å². The summed E-state index contributed by atoms with van der Waals surface area (Å²) >= 11 is 3.24. The minimum absolute atomic E-state index is 0.116. The fourth-order valence-electron chi connectivity index (χ4n) is 1.46. The van der Waals surface area contributed by atoms with Gasteiger partial charge in [-0.2, -0.15) is 4.98 Å². The summed E-state index contributed by atoms with van der Waals surface area (Å²) in [6.45, 7) is 2.31. The summed E-state index contributed by atoms with van der Waals surface area (Å²) in [6, 6.07) is 1.63. The van der Waals surface area contributed by atoms with Crippen molar-refractivity contribution in [1.29, 1.82) is 0 Å². The average Bonchev–Trinajstić information content (AvgIpc) is 2.39. The van der Waals surface area contributed by atoms with Crippen LogP contribution in [0.1, 0.15) is 6.92 Å². The molecule has 2 aromatic rings. The molecule has 0 radical (unpaired) electrons. The first-order valence-corrected chi connectivity index (χ1v) is 6.42. The number of halogens is 1. The van der Waals surface area contributed by atoms with Crippen LogP contribution in [0, 0.1) is 10.1 Å². The Labute approximate surface area is 122 Å². The lowest BCUT2D eigenvalue weighted by atomic mass is 10.4. The van der Waals surface area contributed by atoms with Gasteiger partial charge in [0.05, 0.1) is 11.1 Å². The average molecular weight is 340 g/mol. The van der Waals surface area contributed by atoms with Crippen molar-refractivity contribution in [3.8, 4) is 11.6 Å². The Balaban J connectivity index is 2.40. The zero-order valence-electron chi connectivity index (χ0n) is 10.4. The van der Waals surface area contributed by atoms with Gasteiger partial charge in [-0.25, -0.2) is 4.98 Å². The molecule has 0 bridgehead atoms. The van der Waals surface area contributed by atoms with Crippen LogP contribution >= 0.6 is 15.9 Å². The molecule has 0 aliphatic heterocycles. The molecule has 20 heavy (non-hydrogen) atoms. The van der Waals surface area contributed by atoms with E-state index in [9.17, 15) is 10.1 Å². The van der Waals surface area contributed by atoms with Crippen molar-refractivity contribution >= 4 is 27.4 Å². The number of nitrogens with zero attached hydrogens (tertiary/aromatic N) is 4. The molecule has 2 aromatic heterocycles. The van der Waals surface area contributed by atoms with Gasteiger partial charge in [-0.1, -0.05) is 0 Å². The number of rotatable bonds is 5. The second kappa shape index (κ2) is 6.24. The van der Waals surface area contributed by atoms with Crippen LogP contribution in [-0.2, 0) is 0 Å². The number of nitro groups is 1. The summed E-state index contributed by atoms with van der Waals surface area (Å²) in [5, 5.41) is 14.0. The molecule has 0 unspecified atom stereocenters. The van der Waals surface area contributed by atoms with Crippen molar-refractivity contribution in [3.63, 3.8) is 0 Å². The van der Waals surface area contributed by atoms with Crippen LogP contribution in [0.2, 0.25) is 0 Å². The molecule has 8 nitrogen and oxygen atoms in total. The van der Waals surface area contributed by atoms with Crippen molar-refractivity contribution < 1.29 is 9.66 Å². The maximum atomic E-state index is 11.2. The summed E-state index contributed by atoms with van der Waals surface area (Å²) in [5.74, 6) is 0.315. The third-order valence-electron chi connectivity index (χ3n) is 2.21. The number of pyridine rings is 1. The summed E-state index contributed by atoms with van der Waals surface area (Å²) in [6.07, 6.45) is 4.21. The Bertz CT molecular complexity index is 637. The molecule has 0 fully saturated rings. The molecule has 0 aromatic carbocycles. The quantitative estimate of drug-likeness (QED) is 0.659. The summed E-state index contributed by atoms with van der Waals surface area (Å²) < 4.78 is 6.11. The van der Waals surface area contributed by atoms with Gasteiger partial charge >= 0.3 is 11.6 Å². The van der Waals surface area contributed by atoms with Gasteiger partial charge in [0, 0.05) is 17.2 Å². The Morgan fingerprint density at radius 3 is 2.90 bits per heavy atom. The van der Waals surface area contributed by atoms with Gasteiger partial charge in [0.15, 0.2) is 0 Å². The van der Waals surface area contributed by atoms with E-state index in [0.717, 1.165) is 0 Å². The van der Waals surface area contributed by atoms with E-state index >= 15 is 0 Å². The van der Waals surface area contributed by atoms with Gasteiger partial charge in [0.1, 0.15) is 12.1 Å². The van der Waals surface area contributed by atoms with Gasteiger partial charge in [-0.3, -0.25) is 15.1 Å². The van der Waals surface area contributed by atoms with E-state index in [1.165, 1.54) is 12.5 Å². The normalized spacial score (nSPS) is 10.1. The second-order valence-electron chi connectivity index (χ2n) is 3.60. The van der Waals surface area contributed by atoms with E-state index < -0.39 is 4.92 Å². The largest absolute Gasteiger partial charge is 0.432 e. The molecule has 0 saturated carbocycles. The van der Waals surface area contributed by atoms with Gasteiger partial charge in [-0.05, 0) is 28.9 Å². The number of ether oxygens (including phenoxy) is 1. The number of hydrogen-bond acceptors (Lipinski definition) is 7. The first kappa shape index (κ1) is 14.1. The lowest BCUT2D eigenvalue weighted by Crippen LogP contribution is -2.06. The lowest BCUT2D eigenvalue weighted by molar-refractivity contribution is -0.385. The maximum absolute atomic E-state index is 11.2. The first-order chi connectivity index (χ1) is 9.61. The molecule has 1 N–H and O–H groups in total. The van der Waals surface area contributed by atoms with E-state index in [-0.39, 0.29) is 17.4 Å². The number of anilines is 1. The van der Waals surface area contributed by atoms with Crippen LogP contribution in [-0.4, -0.2) is 26.4 Å². The van der Waals surface area contributed by atoms with Crippen LogP contribution < -0.4 is 10.1 Å². The molecule has 9 heteroatoms. The molecule has 0 atom stereocenters. The molecular formula is C11H10BrN5O3. The van der Waals surface area contributed by atoms with E-state index in [0.29, 0.717) is 16.8 Å². The standard InChI is InChI=1S/C11H10BrN5O3/c1-2-14-10-9(17(18)19)11(16-6-15-10)20-8-3-7(12)4-13-5-8/h3-6H,2H2,1H3,(H,14,15,16). The van der Waals surface area contributed by atoms with Gasteiger partial charge in [0.25, 0.3) is 0 Å². The zero-order valence-corrected chi connectivity index (χ0v) is 12.0. The zero-order chi connectivity index (χ0) is 14.5. The highest BCUT2D eigenvalue weighted by atomic mass is 79.9. The van der Waals surface area contributed by atoms with Crippen molar-refractivity contribution in [3.05, 3.63) is 39.4 Å². The molecule has 2 heterocycles. The minimum Gasteiger partial charge on any atom is -0.432 e. The van der Waals surface area contributed by atoms with Crippen molar-refractivity contribution in [1.82, 2.24) is 15.0 Å². The summed E-state index contributed by atoms with van der Waals surface area (Å²) in [5.41, 5.74) is -0.311. The monoisotopic (exact) mass is 339 g/mol. The van der Waals surface area contributed by atoms with E-state index in [2.05, 4.69) is 36.2 Å². The van der Waals surface area contributed by atoms with E-state index in [1.54, 1.807) is 12.3 Å². The molecule has 0 amide bonds. The Hall–Kier alpha value is -2.29. The van der Waals surface area contributed by atoms with Crippen LogP contribution in [0.4, 0.5) is 11.5 Å². The SMILES string of the molecule is CCNc1ncnc(Oc2cncc(Br)c2)c1[N+](=O)[O-]. The molecular weight excluding hydrogens is 330 g/mol. The predicted molar refractivity (Wildman–Crippen MR) is 74.9 cm³/mol. The van der Waals surface area contributed by atoms with Gasteiger partial charge < -0.3 is 10.1 Å². The summed E-state index contributed by atoms with van der Waals surface area (Å²) in [4.78, 5) is 22.1. The highest BCUT2D eigenvalue weighted by Crippen LogP contribution is 2.34. The Kier molecular flexibility index (Phi) is 4.41. The predicted octanol–water partition coefficient (Wildman–Crippen LogP) is 2.77. The number of hydrogen-bond donors (Lipinski definition) is 1. The van der Waals surface area contributed by atoms with Crippen LogP contribution in [0.5, 0.6) is 11.6 Å². The van der Waals surface area contributed by atoms with Gasteiger partial charge in [-0.15, -0.1) is 0 Å². The molecule has 0 aliphatic carbocycles. The van der Waals surface area contributed by atoms with Crippen LogP contribution in [0.3, 0.4) is 0 Å². The summed E-state index contributed by atoms with van der Waals surface area (Å²) in [7, 11) is 0. The smallest absolute Gasteiger partial charge is 0.373 e. The van der Waals surface area contributed by atoms with Crippen molar-refractivity contribution in [2.45, 2.75) is 6.92 Å². The van der Waals surface area contributed by atoms with Crippen molar-refractivity contribution in [2.24, 2.45) is 0 Å².